The third-order valence-corrected chi connectivity index (χ3v) is 6.45. The maximum atomic E-state index is 12.9. The number of rotatable bonds is 9. The van der Waals surface area contributed by atoms with Crippen LogP contribution in [0.2, 0.25) is 5.02 Å². The first-order valence-electron chi connectivity index (χ1n) is 10.3. The molecule has 0 saturated carbocycles. The Morgan fingerprint density at radius 3 is 2.65 bits per heavy atom. The highest BCUT2D eigenvalue weighted by Crippen LogP contribution is 2.39. The first-order chi connectivity index (χ1) is 17.4. The first-order valence-corrected chi connectivity index (χ1v) is 11.9. The molecule has 3 rings (SSSR count). The number of anilines is 1. The van der Waals surface area contributed by atoms with Crippen LogP contribution in [0.5, 0.6) is 11.5 Å². The van der Waals surface area contributed by atoms with Crippen molar-refractivity contribution < 1.29 is 42.1 Å². The predicted molar refractivity (Wildman–Crippen MR) is 136 cm³/mol. The van der Waals surface area contributed by atoms with Gasteiger partial charge in [-0.2, -0.15) is 13.2 Å². The minimum Gasteiger partial charge on any atom is -0.493 e. The van der Waals surface area contributed by atoms with Crippen molar-refractivity contribution in [1.29, 1.82) is 0 Å². The number of hydrogen-bond donors (Lipinski definition) is 2. The molecule has 2 aromatic rings. The average Bonchev–Trinajstić information content (AvgIpc) is 3.08. The van der Waals surface area contributed by atoms with Gasteiger partial charge in [-0.25, -0.2) is 0 Å². The van der Waals surface area contributed by atoms with E-state index in [1.807, 2.05) is 0 Å². The number of halogens is 4. The molecule has 8 nitrogen and oxygen atoms in total. The molecule has 0 aliphatic carbocycles. The molecule has 0 bridgehead atoms. The number of thioether (sulfide) groups is 1. The Balaban J connectivity index is 1.71. The predicted octanol–water partition coefficient (Wildman–Crippen LogP) is 5.06. The Morgan fingerprint density at radius 2 is 2.00 bits per heavy atom. The van der Waals surface area contributed by atoms with Gasteiger partial charge in [0.1, 0.15) is 4.32 Å². The normalized spacial score (nSPS) is 14.7. The fourth-order valence-electron chi connectivity index (χ4n) is 3.12. The molecule has 0 unspecified atom stereocenters. The SMILES string of the molecule is COc1cc(/C=C2\SC(=S)N(CCC(=O)O)C2=O)cc(Cl)c1OCC(=O)Nc1cccc(C(F)(F)F)c1. The molecule has 196 valence electrons. The summed E-state index contributed by atoms with van der Waals surface area (Å²) in [5, 5.41) is 11.2. The lowest BCUT2D eigenvalue weighted by Gasteiger charge is -2.14. The van der Waals surface area contributed by atoms with Gasteiger partial charge < -0.3 is 19.9 Å². The zero-order valence-corrected chi connectivity index (χ0v) is 21.3. The molecule has 0 spiro atoms. The van der Waals surface area contributed by atoms with Crippen molar-refractivity contribution in [2.24, 2.45) is 0 Å². The largest absolute Gasteiger partial charge is 0.493 e. The lowest BCUT2D eigenvalue weighted by molar-refractivity contribution is -0.138. The van der Waals surface area contributed by atoms with E-state index in [9.17, 15) is 27.6 Å². The third kappa shape index (κ3) is 7.37. The van der Waals surface area contributed by atoms with E-state index in [2.05, 4.69) is 5.32 Å². The summed E-state index contributed by atoms with van der Waals surface area (Å²) in [5.74, 6) is -2.10. The zero-order chi connectivity index (χ0) is 27.3. The van der Waals surface area contributed by atoms with Gasteiger partial charge in [0.2, 0.25) is 0 Å². The smallest absolute Gasteiger partial charge is 0.416 e. The molecule has 37 heavy (non-hydrogen) atoms. The van der Waals surface area contributed by atoms with Gasteiger partial charge in [0.15, 0.2) is 18.1 Å². The second kappa shape index (κ2) is 11.8. The van der Waals surface area contributed by atoms with Gasteiger partial charge >= 0.3 is 12.1 Å². The van der Waals surface area contributed by atoms with Crippen LogP contribution in [-0.2, 0) is 20.6 Å². The van der Waals surface area contributed by atoms with E-state index in [-0.39, 0.29) is 44.4 Å². The van der Waals surface area contributed by atoms with Crippen molar-refractivity contribution in [2.75, 3.05) is 25.6 Å². The highest BCUT2D eigenvalue weighted by molar-refractivity contribution is 8.26. The number of methoxy groups -OCH3 is 1. The fraction of sp³-hybridized carbons (Fsp3) is 0.217. The summed E-state index contributed by atoms with van der Waals surface area (Å²) in [5.41, 5.74) is -0.524. The molecule has 1 heterocycles. The number of carboxylic acid groups (broad SMARTS) is 1. The van der Waals surface area contributed by atoms with E-state index in [0.29, 0.717) is 5.56 Å². The zero-order valence-electron chi connectivity index (χ0n) is 18.9. The van der Waals surface area contributed by atoms with Crippen LogP contribution >= 0.6 is 35.6 Å². The quantitative estimate of drug-likeness (QED) is 0.316. The van der Waals surface area contributed by atoms with Crippen LogP contribution in [0, 0.1) is 0 Å². The van der Waals surface area contributed by atoms with E-state index in [1.54, 1.807) is 0 Å². The second-order valence-corrected chi connectivity index (χ2v) is 9.51. The Bertz CT molecular complexity index is 1290. The molecule has 2 aromatic carbocycles. The fourth-order valence-corrected chi connectivity index (χ4v) is 4.71. The number of nitrogens with one attached hydrogen (secondary N) is 1. The van der Waals surface area contributed by atoms with Crippen LogP contribution in [-0.4, -0.2) is 52.4 Å². The van der Waals surface area contributed by atoms with E-state index in [1.165, 1.54) is 36.3 Å². The summed E-state index contributed by atoms with van der Waals surface area (Å²) < 4.78 is 49.6. The first kappa shape index (κ1) is 28.3. The molecular weight excluding hydrogens is 557 g/mol. The molecule has 1 saturated heterocycles. The third-order valence-electron chi connectivity index (χ3n) is 4.79. The number of amides is 2. The number of carbonyl (C=O) groups is 3. The maximum Gasteiger partial charge on any atom is 0.416 e. The number of hydrogen-bond acceptors (Lipinski definition) is 7. The molecule has 0 aromatic heterocycles. The number of alkyl halides is 3. The summed E-state index contributed by atoms with van der Waals surface area (Å²) in [7, 11) is 1.33. The van der Waals surface area contributed by atoms with Crippen LogP contribution in [0.25, 0.3) is 6.08 Å². The van der Waals surface area contributed by atoms with Crippen LogP contribution in [0.4, 0.5) is 18.9 Å². The van der Waals surface area contributed by atoms with Crippen LogP contribution < -0.4 is 14.8 Å². The molecule has 0 atom stereocenters. The maximum absolute atomic E-state index is 12.9. The number of thiocarbonyl (C=S) groups is 1. The van der Waals surface area contributed by atoms with E-state index < -0.39 is 36.1 Å². The Morgan fingerprint density at radius 1 is 1.27 bits per heavy atom. The topological polar surface area (TPSA) is 105 Å². The van der Waals surface area contributed by atoms with Crippen molar-refractivity contribution in [1.82, 2.24) is 4.90 Å². The number of ether oxygens (including phenoxy) is 2. The molecule has 1 fully saturated rings. The van der Waals surface area contributed by atoms with Gasteiger partial charge in [-0.15, -0.1) is 0 Å². The average molecular weight is 575 g/mol. The molecular formula is C23H18ClF3N2O6S2. The summed E-state index contributed by atoms with van der Waals surface area (Å²) >= 11 is 12.5. The van der Waals surface area contributed by atoms with Crippen molar-refractivity contribution in [3.63, 3.8) is 0 Å². The summed E-state index contributed by atoms with van der Waals surface area (Å²) in [6, 6.07) is 7.10. The van der Waals surface area contributed by atoms with Gasteiger partial charge in [-0.05, 0) is 42.0 Å². The Kier molecular flexibility index (Phi) is 9.05. The molecule has 14 heteroatoms. The number of carbonyl (C=O) groups excluding carboxylic acids is 2. The van der Waals surface area contributed by atoms with Crippen molar-refractivity contribution in [3.8, 4) is 11.5 Å². The minimum atomic E-state index is -4.56. The molecule has 1 aliphatic heterocycles. The van der Waals surface area contributed by atoms with Gasteiger partial charge in [0.25, 0.3) is 11.8 Å². The van der Waals surface area contributed by atoms with Gasteiger partial charge in [0, 0.05) is 12.2 Å². The van der Waals surface area contributed by atoms with E-state index >= 15 is 0 Å². The summed E-state index contributed by atoms with van der Waals surface area (Å²) in [6.45, 7) is -0.634. The van der Waals surface area contributed by atoms with Gasteiger partial charge in [-0.1, -0.05) is 41.6 Å². The molecule has 0 radical (unpaired) electrons. The van der Waals surface area contributed by atoms with Crippen molar-refractivity contribution >= 4 is 69.4 Å². The number of benzene rings is 2. The lowest BCUT2D eigenvalue weighted by atomic mass is 10.1. The van der Waals surface area contributed by atoms with Crippen molar-refractivity contribution in [3.05, 3.63) is 57.5 Å². The Labute approximate surface area is 223 Å². The monoisotopic (exact) mass is 574 g/mol. The summed E-state index contributed by atoms with van der Waals surface area (Å²) in [6.07, 6.45) is -3.32. The minimum absolute atomic E-state index is 0.00881. The standard InChI is InChI=1S/C23H18ClF3N2O6S2/c1-34-16-8-12(9-17-21(33)29(22(36)37-17)6-5-19(31)32)7-15(24)20(16)35-11-18(30)28-14-4-2-3-13(10-14)23(25,26)27/h2-4,7-10H,5-6,11H2,1H3,(H,28,30)(H,31,32)/b17-9-. The number of nitrogens with zero attached hydrogens (tertiary/aromatic N) is 1. The van der Waals surface area contributed by atoms with E-state index in [0.717, 1.165) is 30.0 Å². The number of aliphatic carboxylic acids is 1. The van der Waals surface area contributed by atoms with E-state index in [4.69, 9.17) is 38.4 Å². The molecule has 2 amide bonds. The highest BCUT2D eigenvalue weighted by Gasteiger charge is 2.32. The van der Waals surface area contributed by atoms with Crippen LogP contribution in [0.15, 0.2) is 41.3 Å². The molecule has 1 aliphatic rings. The van der Waals surface area contributed by atoms with Crippen LogP contribution in [0.3, 0.4) is 0 Å². The highest BCUT2D eigenvalue weighted by atomic mass is 35.5. The molecule has 2 N–H and O–H groups in total. The van der Waals surface area contributed by atoms with Gasteiger partial charge in [-0.3, -0.25) is 19.3 Å². The summed E-state index contributed by atoms with van der Waals surface area (Å²) in [4.78, 5) is 37.1. The number of carboxylic acids is 1. The lowest BCUT2D eigenvalue weighted by Crippen LogP contribution is -2.30. The van der Waals surface area contributed by atoms with Crippen LogP contribution in [0.1, 0.15) is 17.5 Å². The van der Waals surface area contributed by atoms with Crippen molar-refractivity contribution in [2.45, 2.75) is 12.6 Å². The van der Waals surface area contributed by atoms with Gasteiger partial charge in [0.05, 0.1) is 29.0 Å². The second-order valence-electron chi connectivity index (χ2n) is 7.43. The Hall–Kier alpha value is -3.29.